The molecular formula is C13H16ClN3. The number of rotatable bonds is 4. The van der Waals surface area contributed by atoms with Crippen LogP contribution in [0.25, 0.3) is 0 Å². The number of aryl methyl sites for hydroxylation is 1. The second-order valence-electron chi connectivity index (χ2n) is 3.98. The maximum atomic E-state index is 6.09. The summed E-state index contributed by atoms with van der Waals surface area (Å²) >= 11 is 6.09. The van der Waals surface area contributed by atoms with Gasteiger partial charge in [0.2, 0.25) is 5.95 Å². The maximum Gasteiger partial charge on any atom is 0.207 e. The van der Waals surface area contributed by atoms with E-state index in [1.807, 2.05) is 31.3 Å². The van der Waals surface area contributed by atoms with Gasteiger partial charge in [-0.25, -0.2) is 4.98 Å². The molecule has 2 aromatic rings. The Labute approximate surface area is 106 Å². The summed E-state index contributed by atoms with van der Waals surface area (Å²) < 4.78 is 2.10. The molecular weight excluding hydrogens is 234 g/mol. The summed E-state index contributed by atoms with van der Waals surface area (Å²) in [4.78, 5) is 4.31. The number of nitrogens with zero attached hydrogens (tertiary/aromatic N) is 2. The highest BCUT2D eigenvalue weighted by Crippen LogP contribution is 2.25. The lowest BCUT2D eigenvalue weighted by atomic mass is 10.2. The number of imidazole rings is 1. The minimum absolute atomic E-state index is 0.767. The molecule has 0 aliphatic rings. The van der Waals surface area contributed by atoms with Crippen molar-refractivity contribution < 1.29 is 0 Å². The van der Waals surface area contributed by atoms with Crippen molar-refractivity contribution in [2.24, 2.45) is 0 Å². The van der Waals surface area contributed by atoms with Gasteiger partial charge in [-0.1, -0.05) is 24.6 Å². The van der Waals surface area contributed by atoms with Gasteiger partial charge in [-0.3, -0.25) is 0 Å². The largest absolute Gasteiger partial charge is 0.325 e. The van der Waals surface area contributed by atoms with E-state index in [0.717, 1.165) is 35.2 Å². The molecule has 0 unspecified atom stereocenters. The molecule has 0 spiro atoms. The first-order chi connectivity index (χ1) is 8.22. The molecule has 0 saturated carbocycles. The molecule has 0 radical (unpaired) electrons. The number of aromatic nitrogens is 2. The van der Waals surface area contributed by atoms with Gasteiger partial charge < -0.3 is 9.88 Å². The van der Waals surface area contributed by atoms with Crippen LogP contribution >= 0.6 is 11.6 Å². The van der Waals surface area contributed by atoms with Crippen LogP contribution in [-0.4, -0.2) is 9.55 Å². The Bertz CT molecular complexity index is 505. The predicted molar refractivity (Wildman–Crippen MR) is 72.0 cm³/mol. The van der Waals surface area contributed by atoms with Crippen molar-refractivity contribution in [3.05, 3.63) is 41.2 Å². The van der Waals surface area contributed by atoms with Crippen LogP contribution in [0.1, 0.15) is 18.9 Å². The van der Waals surface area contributed by atoms with Gasteiger partial charge in [0.15, 0.2) is 0 Å². The molecule has 1 aromatic carbocycles. The van der Waals surface area contributed by atoms with E-state index in [2.05, 4.69) is 21.8 Å². The Morgan fingerprint density at radius 2 is 2.24 bits per heavy atom. The Morgan fingerprint density at radius 3 is 3.00 bits per heavy atom. The number of benzene rings is 1. The molecule has 17 heavy (non-hydrogen) atoms. The van der Waals surface area contributed by atoms with Crippen molar-refractivity contribution in [3.63, 3.8) is 0 Å². The van der Waals surface area contributed by atoms with Crippen LogP contribution in [0.2, 0.25) is 5.02 Å². The van der Waals surface area contributed by atoms with Crippen molar-refractivity contribution in [2.75, 3.05) is 5.32 Å². The first kappa shape index (κ1) is 12.0. The number of anilines is 2. The molecule has 0 saturated heterocycles. The van der Waals surface area contributed by atoms with Gasteiger partial charge in [0, 0.05) is 29.6 Å². The van der Waals surface area contributed by atoms with Crippen LogP contribution in [-0.2, 0) is 6.54 Å². The quantitative estimate of drug-likeness (QED) is 0.888. The average molecular weight is 250 g/mol. The van der Waals surface area contributed by atoms with Crippen LogP contribution in [0.4, 0.5) is 11.6 Å². The lowest BCUT2D eigenvalue weighted by Gasteiger charge is -2.11. The molecule has 1 aromatic heterocycles. The predicted octanol–water partition coefficient (Wildman–Crippen LogP) is 4.00. The fraction of sp³-hybridized carbons (Fsp3) is 0.308. The third-order valence-electron chi connectivity index (χ3n) is 2.69. The Balaban J connectivity index is 2.25. The molecule has 0 bridgehead atoms. The molecule has 0 aliphatic heterocycles. The summed E-state index contributed by atoms with van der Waals surface area (Å²) in [6.07, 6.45) is 4.86. The van der Waals surface area contributed by atoms with Gasteiger partial charge in [-0.2, -0.15) is 0 Å². The molecule has 3 nitrogen and oxygen atoms in total. The number of hydrogen-bond donors (Lipinski definition) is 1. The van der Waals surface area contributed by atoms with E-state index in [9.17, 15) is 0 Å². The zero-order valence-electron chi connectivity index (χ0n) is 10.1. The molecule has 0 atom stereocenters. The molecule has 2 rings (SSSR count). The minimum Gasteiger partial charge on any atom is -0.325 e. The van der Waals surface area contributed by atoms with Crippen molar-refractivity contribution in [1.82, 2.24) is 9.55 Å². The zero-order chi connectivity index (χ0) is 12.3. The van der Waals surface area contributed by atoms with E-state index in [-0.39, 0.29) is 0 Å². The summed E-state index contributed by atoms with van der Waals surface area (Å²) in [5.41, 5.74) is 2.04. The average Bonchev–Trinajstić information content (AvgIpc) is 2.73. The summed E-state index contributed by atoms with van der Waals surface area (Å²) in [5.74, 6) is 0.859. The minimum atomic E-state index is 0.767. The van der Waals surface area contributed by atoms with E-state index >= 15 is 0 Å². The van der Waals surface area contributed by atoms with Crippen molar-refractivity contribution >= 4 is 23.2 Å². The van der Waals surface area contributed by atoms with Gasteiger partial charge in [-0.05, 0) is 31.0 Å². The summed E-state index contributed by atoms with van der Waals surface area (Å²) in [6, 6.07) is 5.83. The summed E-state index contributed by atoms with van der Waals surface area (Å²) in [6.45, 7) is 5.11. The van der Waals surface area contributed by atoms with Crippen molar-refractivity contribution in [1.29, 1.82) is 0 Å². The van der Waals surface area contributed by atoms with Crippen LogP contribution in [0.15, 0.2) is 30.6 Å². The van der Waals surface area contributed by atoms with Crippen LogP contribution in [0.5, 0.6) is 0 Å². The number of nitrogens with one attached hydrogen (secondary N) is 1. The molecule has 4 heteroatoms. The third-order valence-corrected chi connectivity index (χ3v) is 3.10. The van der Waals surface area contributed by atoms with E-state index < -0.39 is 0 Å². The van der Waals surface area contributed by atoms with E-state index in [4.69, 9.17) is 11.6 Å². The van der Waals surface area contributed by atoms with Gasteiger partial charge in [-0.15, -0.1) is 0 Å². The summed E-state index contributed by atoms with van der Waals surface area (Å²) in [7, 11) is 0. The number of halogens is 1. The highest BCUT2D eigenvalue weighted by molar-refractivity contribution is 6.31. The maximum absolute atomic E-state index is 6.09. The SMILES string of the molecule is CCCn1ccnc1Nc1cccc(Cl)c1C. The molecule has 0 amide bonds. The van der Waals surface area contributed by atoms with Crippen LogP contribution in [0.3, 0.4) is 0 Å². The lowest BCUT2D eigenvalue weighted by Crippen LogP contribution is -2.03. The molecule has 1 N–H and O–H groups in total. The van der Waals surface area contributed by atoms with E-state index in [1.54, 1.807) is 6.20 Å². The van der Waals surface area contributed by atoms with Gasteiger partial charge in [0.25, 0.3) is 0 Å². The van der Waals surface area contributed by atoms with E-state index in [1.165, 1.54) is 0 Å². The normalized spacial score (nSPS) is 10.5. The summed E-state index contributed by atoms with van der Waals surface area (Å²) in [5, 5.41) is 4.08. The highest BCUT2D eigenvalue weighted by Gasteiger charge is 2.06. The van der Waals surface area contributed by atoms with Crippen LogP contribution < -0.4 is 5.32 Å². The van der Waals surface area contributed by atoms with Crippen molar-refractivity contribution in [2.45, 2.75) is 26.8 Å². The molecule has 0 aliphatic carbocycles. The van der Waals surface area contributed by atoms with Gasteiger partial charge in [0.05, 0.1) is 0 Å². The molecule has 0 fully saturated rings. The lowest BCUT2D eigenvalue weighted by molar-refractivity contribution is 0.686. The second-order valence-corrected chi connectivity index (χ2v) is 4.39. The highest BCUT2D eigenvalue weighted by atomic mass is 35.5. The Morgan fingerprint density at radius 1 is 1.41 bits per heavy atom. The van der Waals surface area contributed by atoms with Crippen LogP contribution in [0, 0.1) is 6.92 Å². The van der Waals surface area contributed by atoms with Gasteiger partial charge in [0.1, 0.15) is 0 Å². The first-order valence-electron chi connectivity index (χ1n) is 5.75. The molecule has 90 valence electrons. The second kappa shape index (κ2) is 5.23. The van der Waals surface area contributed by atoms with Crippen molar-refractivity contribution in [3.8, 4) is 0 Å². The standard InChI is InChI=1S/C13H16ClN3/c1-3-8-17-9-7-15-13(17)16-12-6-4-5-11(14)10(12)2/h4-7,9H,3,8H2,1-2H3,(H,15,16). The first-order valence-corrected chi connectivity index (χ1v) is 6.13. The topological polar surface area (TPSA) is 29.9 Å². The van der Waals surface area contributed by atoms with Gasteiger partial charge >= 0.3 is 0 Å². The number of hydrogen-bond acceptors (Lipinski definition) is 2. The fourth-order valence-corrected chi connectivity index (χ4v) is 1.89. The van der Waals surface area contributed by atoms with E-state index in [0.29, 0.717) is 0 Å². The zero-order valence-corrected chi connectivity index (χ0v) is 10.8. The Hall–Kier alpha value is -1.48. The molecule has 1 heterocycles. The third kappa shape index (κ3) is 2.61. The monoisotopic (exact) mass is 249 g/mol. The Kier molecular flexibility index (Phi) is 3.69. The smallest absolute Gasteiger partial charge is 0.207 e. The fourth-order valence-electron chi connectivity index (χ4n) is 1.72.